The van der Waals surface area contributed by atoms with Crippen LogP contribution < -0.4 is 5.32 Å². The smallest absolute Gasteiger partial charge is 0.0249 e. The molecule has 20 heavy (non-hydrogen) atoms. The first kappa shape index (κ1) is 15.2. The number of nitrogens with one attached hydrogen (secondary N) is 1. The van der Waals surface area contributed by atoms with E-state index in [1.54, 1.807) is 0 Å². The van der Waals surface area contributed by atoms with E-state index in [1.807, 2.05) is 0 Å². The molecule has 2 nitrogen and oxygen atoms in total. The lowest BCUT2D eigenvalue weighted by atomic mass is 9.82. The molecule has 1 N–H and O–H groups in total. The van der Waals surface area contributed by atoms with Gasteiger partial charge in [0.2, 0.25) is 0 Å². The number of hydrogen-bond acceptors (Lipinski definition) is 3. The summed E-state index contributed by atoms with van der Waals surface area (Å²) >= 11 is 2.11. The second kappa shape index (κ2) is 7.51. The van der Waals surface area contributed by atoms with E-state index >= 15 is 0 Å². The van der Waals surface area contributed by atoms with Crippen LogP contribution in [0.3, 0.4) is 0 Å². The van der Waals surface area contributed by atoms with Crippen LogP contribution in [0, 0.1) is 11.8 Å². The standard InChI is InChI=1S/C17H32N2S/c1-2-20-11-10-19-13-16(14-6-4-3-5-7-14)18-12-17(19)15-8-9-15/h14-18H,2-13H2,1H3. The zero-order valence-corrected chi connectivity index (χ0v) is 14.0. The lowest BCUT2D eigenvalue weighted by molar-refractivity contribution is 0.0905. The number of piperazine rings is 1. The number of rotatable bonds is 6. The van der Waals surface area contributed by atoms with E-state index in [2.05, 4.69) is 28.9 Å². The third kappa shape index (κ3) is 3.92. The maximum absolute atomic E-state index is 3.93. The third-order valence-electron chi connectivity index (χ3n) is 5.60. The fourth-order valence-electron chi connectivity index (χ4n) is 4.24. The normalized spacial score (nSPS) is 33.5. The maximum Gasteiger partial charge on any atom is 0.0249 e. The Morgan fingerprint density at radius 2 is 1.85 bits per heavy atom. The average molecular weight is 297 g/mol. The SMILES string of the molecule is CCSCCN1CC(C2CCCCC2)NCC1C1CC1. The summed E-state index contributed by atoms with van der Waals surface area (Å²) in [5.41, 5.74) is 0. The summed E-state index contributed by atoms with van der Waals surface area (Å²) in [5, 5.41) is 3.93. The molecule has 0 radical (unpaired) electrons. The number of hydrogen-bond donors (Lipinski definition) is 1. The monoisotopic (exact) mass is 296 g/mol. The fourth-order valence-corrected chi connectivity index (χ4v) is 4.89. The Morgan fingerprint density at radius 3 is 2.55 bits per heavy atom. The van der Waals surface area contributed by atoms with Gasteiger partial charge in [-0.1, -0.05) is 26.2 Å². The quantitative estimate of drug-likeness (QED) is 0.757. The van der Waals surface area contributed by atoms with E-state index in [4.69, 9.17) is 0 Å². The van der Waals surface area contributed by atoms with Gasteiger partial charge in [0.15, 0.2) is 0 Å². The summed E-state index contributed by atoms with van der Waals surface area (Å²) in [6.45, 7) is 6.20. The summed E-state index contributed by atoms with van der Waals surface area (Å²) < 4.78 is 0. The van der Waals surface area contributed by atoms with Crippen molar-refractivity contribution in [1.82, 2.24) is 10.2 Å². The fraction of sp³-hybridized carbons (Fsp3) is 1.00. The molecule has 2 atom stereocenters. The van der Waals surface area contributed by atoms with E-state index < -0.39 is 0 Å². The van der Waals surface area contributed by atoms with E-state index in [0.29, 0.717) is 0 Å². The topological polar surface area (TPSA) is 15.3 Å². The lowest BCUT2D eigenvalue weighted by Crippen LogP contribution is -2.60. The molecular formula is C17H32N2S. The Balaban J connectivity index is 1.53. The van der Waals surface area contributed by atoms with Gasteiger partial charge in [-0.2, -0.15) is 11.8 Å². The Bertz CT molecular complexity index is 287. The molecular weight excluding hydrogens is 264 g/mol. The highest BCUT2D eigenvalue weighted by Crippen LogP contribution is 2.37. The predicted octanol–water partition coefficient (Wildman–Crippen LogP) is 3.37. The first-order valence-electron chi connectivity index (χ1n) is 8.93. The lowest BCUT2D eigenvalue weighted by Gasteiger charge is -2.44. The van der Waals surface area contributed by atoms with Gasteiger partial charge in [-0.05, 0) is 43.3 Å². The maximum atomic E-state index is 3.93. The average Bonchev–Trinajstić information content (AvgIpc) is 3.33. The molecule has 2 saturated carbocycles. The second-order valence-corrected chi connectivity index (χ2v) is 8.40. The molecule has 1 heterocycles. The molecule has 0 amide bonds. The molecule has 0 bridgehead atoms. The highest BCUT2D eigenvalue weighted by atomic mass is 32.2. The summed E-state index contributed by atoms with van der Waals surface area (Å²) in [4.78, 5) is 2.86. The Labute approximate surface area is 129 Å². The van der Waals surface area contributed by atoms with Gasteiger partial charge in [0, 0.05) is 37.5 Å². The van der Waals surface area contributed by atoms with E-state index in [1.165, 1.54) is 76.1 Å². The minimum absolute atomic E-state index is 0.789. The summed E-state index contributed by atoms with van der Waals surface area (Å²) in [7, 11) is 0. The molecule has 116 valence electrons. The second-order valence-electron chi connectivity index (χ2n) is 7.01. The van der Waals surface area contributed by atoms with Gasteiger partial charge >= 0.3 is 0 Å². The molecule has 1 aliphatic heterocycles. The summed E-state index contributed by atoms with van der Waals surface area (Å²) in [6, 6.07) is 1.64. The van der Waals surface area contributed by atoms with Gasteiger partial charge < -0.3 is 5.32 Å². The van der Waals surface area contributed by atoms with Crippen molar-refractivity contribution in [3.8, 4) is 0 Å². The van der Waals surface area contributed by atoms with Crippen LogP contribution in [-0.2, 0) is 0 Å². The van der Waals surface area contributed by atoms with Crippen molar-refractivity contribution < 1.29 is 0 Å². The molecule has 2 aliphatic carbocycles. The predicted molar refractivity (Wildman–Crippen MR) is 89.4 cm³/mol. The van der Waals surface area contributed by atoms with Crippen LogP contribution in [0.15, 0.2) is 0 Å². The summed E-state index contributed by atoms with van der Waals surface area (Å²) in [5.74, 6) is 4.58. The molecule has 3 aliphatic rings. The van der Waals surface area contributed by atoms with Crippen molar-refractivity contribution in [2.75, 3.05) is 31.1 Å². The van der Waals surface area contributed by atoms with Crippen molar-refractivity contribution in [2.24, 2.45) is 11.8 Å². The summed E-state index contributed by atoms with van der Waals surface area (Å²) in [6.07, 6.45) is 10.3. The van der Waals surface area contributed by atoms with Crippen molar-refractivity contribution >= 4 is 11.8 Å². The van der Waals surface area contributed by atoms with E-state index in [9.17, 15) is 0 Å². The van der Waals surface area contributed by atoms with Crippen LogP contribution in [0.25, 0.3) is 0 Å². The van der Waals surface area contributed by atoms with Crippen molar-refractivity contribution in [2.45, 2.75) is 64.0 Å². The molecule has 0 aromatic carbocycles. The molecule has 3 heteroatoms. The molecule has 3 rings (SSSR count). The molecule has 0 spiro atoms. The van der Waals surface area contributed by atoms with Gasteiger partial charge in [0.1, 0.15) is 0 Å². The third-order valence-corrected chi connectivity index (χ3v) is 6.48. The zero-order chi connectivity index (χ0) is 13.8. The van der Waals surface area contributed by atoms with Gasteiger partial charge in [-0.15, -0.1) is 0 Å². The zero-order valence-electron chi connectivity index (χ0n) is 13.2. The highest BCUT2D eigenvalue weighted by Gasteiger charge is 2.40. The first-order valence-corrected chi connectivity index (χ1v) is 10.1. The minimum Gasteiger partial charge on any atom is -0.311 e. The number of thioether (sulfide) groups is 1. The van der Waals surface area contributed by atoms with Crippen LogP contribution in [0.2, 0.25) is 0 Å². The number of nitrogens with zero attached hydrogens (tertiary/aromatic N) is 1. The molecule has 2 unspecified atom stereocenters. The van der Waals surface area contributed by atoms with E-state index in [-0.39, 0.29) is 0 Å². The molecule has 3 fully saturated rings. The van der Waals surface area contributed by atoms with E-state index in [0.717, 1.165) is 23.9 Å². The van der Waals surface area contributed by atoms with Crippen LogP contribution in [0.5, 0.6) is 0 Å². The van der Waals surface area contributed by atoms with Crippen molar-refractivity contribution in [1.29, 1.82) is 0 Å². The Hall–Kier alpha value is 0.270. The highest BCUT2D eigenvalue weighted by molar-refractivity contribution is 7.99. The molecule has 0 aromatic rings. The van der Waals surface area contributed by atoms with Gasteiger partial charge in [-0.3, -0.25) is 4.90 Å². The van der Waals surface area contributed by atoms with Crippen LogP contribution in [0.4, 0.5) is 0 Å². The van der Waals surface area contributed by atoms with Crippen molar-refractivity contribution in [3.63, 3.8) is 0 Å². The molecule has 0 aromatic heterocycles. The van der Waals surface area contributed by atoms with Gasteiger partial charge in [-0.25, -0.2) is 0 Å². The molecule has 1 saturated heterocycles. The van der Waals surface area contributed by atoms with Crippen LogP contribution in [-0.4, -0.2) is 48.1 Å². The van der Waals surface area contributed by atoms with Gasteiger partial charge in [0.05, 0.1) is 0 Å². The largest absolute Gasteiger partial charge is 0.311 e. The Morgan fingerprint density at radius 1 is 1.05 bits per heavy atom. The van der Waals surface area contributed by atoms with Crippen LogP contribution >= 0.6 is 11.8 Å². The van der Waals surface area contributed by atoms with Crippen LogP contribution in [0.1, 0.15) is 51.9 Å². The first-order chi connectivity index (χ1) is 9.88. The minimum atomic E-state index is 0.789. The van der Waals surface area contributed by atoms with Crippen molar-refractivity contribution in [3.05, 3.63) is 0 Å². The van der Waals surface area contributed by atoms with Gasteiger partial charge in [0.25, 0.3) is 0 Å². The Kier molecular flexibility index (Phi) is 5.70.